The van der Waals surface area contributed by atoms with Gasteiger partial charge in [0.05, 0.1) is 6.61 Å². The Labute approximate surface area is 176 Å². The van der Waals surface area contributed by atoms with Crippen molar-refractivity contribution in [1.82, 2.24) is 0 Å². The molecule has 0 amide bonds. The fourth-order valence-electron chi connectivity index (χ4n) is 3.20. The molecule has 4 atom stereocenters. The lowest BCUT2D eigenvalue weighted by molar-refractivity contribution is -0.156. The second kappa shape index (κ2) is 19.2. The topological polar surface area (TPSA) is 127 Å². The first-order chi connectivity index (χ1) is 13.9. The van der Waals surface area contributed by atoms with Crippen LogP contribution in [0.1, 0.15) is 96.8 Å². The van der Waals surface area contributed by atoms with Crippen LogP contribution in [0.2, 0.25) is 0 Å². The van der Waals surface area contributed by atoms with Crippen LogP contribution in [0.4, 0.5) is 0 Å². The molecule has 0 aliphatic carbocycles. The third-order valence-corrected chi connectivity index (χ3v) is 5.22. The molecule has 5 N–H and O–H groups in total. The van der Waals surface area contributed by atoms with E-state index in [2.05, 4.69) is 6.92 Å². The standard InChI is InChI=1S/C22H44O7/c1-2-3-4-5-6-7-8-9-10-11-12-13-14-15-20(26)29-17-19(25)22(28)21(27)18(24)16-23/h18-19,21-25,27-28H,2-17H2,1H3/t18-,19+,21-,22-/m1/s1. The van der Waals surface area contributed by atoms with Crippen molar-refractivity contribution in [3.63, 3.8) is 0 Å². The van der Waals surface area contributed by atoms with E-state index in [1.807, 2.05) is 0 Å². The predicted octanol–water partition coefficient (Wildman–Crippen LogP) is 2.45. The Hall–Kier alpha value is -0.730. The van der Waals surface area contributed by atoms with Crippen molar-refractivity contribution in [2.45, 2.75) is 121 Å². The zero-order valence-electron chi connectivity index (χ0n) is 18.2. The average Bonchev–Trinajstić information content (AvgIpc) is 2.73. The first-order valence-corrected chi connectivity index (χ1v) is 11.4. The summed E-state index contributed by atoms with van der Waals surface area (Å²) in [5.41, 5.74) is 0. The van der Waals surface area contributed by atoms with Gasteiger partial charge in [-0.25, -0.2) is 0 Å². The summed E-state index contributed by atoms with van der Waals surface area (Å²) < 4.78 is 4.89. The summed E-state index contributed by atoms with van der Waals surface area (Å²) in [7, 11) is 0. The third kappa shape index (κ3) is 15.7. The van der Waals surface area contributed by atoms with E-state index in [0.717, 1.165) is 19.3 Å². The van der Waals surface area contributed by atoms with Gasteiger partial charge in [-0.05, 0) is 6.42 Å². The van der Waals surface area contributed by atoms with Crippen LogP contribution in [0.5, 0.6) is 0 Å². The number of esters is 1. The van der Waals surface area contributed by atoms with Gasteiger partial charge in [0.15, 0.2) is 0 Å². The van der Waals surface area contributed by atoms with Gasteiger partial charge in [-0.15, -0.1) is 0 Å². The number of ether oxygens (including phenoxy) is 1. The van der Waals surface area contributed by atoms with E-state index in [1.54, 1.807) is 0 Å². The minimum absolute atomic E-state index is 0.252. The zero-order chi connectivity index (χ0) is 21.9. The molecule has 0 bridgehead atoms. The Morgan fingerprint density at radius 2 is 1.10 bits per heavy atom. The SMILES string of the molecule is CCCCCCCCCCCCCCCC(=O)OC[C@H](O)[C@@H](O)[C@H](O)[C@H](O)CO. The van der Waals surface area contributed by atoms with Crippen LogP contribution >= 0.6 is 0 Å². The number of aliphatic hydroxyl groups excluding tert-OH is 5. The van der Waals surface area contributed by atoms with Crippen LogP contribution < -0.4 is 0 Å². The lowest BCUT2D eigenvalue weighted by atomic mass is 10.0. The quantitative estimate of drug-likeness (QED) is 0.151. The van der Waals surface area contributed by atoms with Gasteiger partial charge in [-0.3, -0.25) is 4.79 Å². The fraction of sp³-hybridized carbons (Fsp3) is 0.955. The minimum atomic E-state index is -1.71. The molecule has 0 saturated carbocycles. The second-order valence-electron chi connectivity index (χ2n) is 7.97. The van der Waals surface area contributed by atoms with Gasteiger partial charge < -0.3 is 30.3 Å². The molecule has 7 nitrogen and oxygen atoms in total. The highest BCUT2D eigenvalue weighted by Gasteiger charge is 2.30. The van der Waals surface area contributed by atoms with E-state index in [0.29, 0.717) is 0 Å². The van der Waals surface area contributed by atoms with E-state index < -0.39 is 43.6 Å². The maximum absolute atomic E-state index is 11.7. The number of unbranched alkanes of at least 4 members (excludes halogenated alkanes) is 12. The van der Waals surface area contributed by atoms with Crippen LogP contribution in [0.3, 0.4) is 0 Å². The number of aliphatic hydroxyl groups is 5. The zero-order valence-corrected chi connectivity index (χ0v) is 18.2. The lowest BCUT2D eigenvalue weighted by Crippen LogP contribution is -2.47. The molecule has 0 radical (unpaired) electrons. The highest BCUT2D eigenvalue weighted by atomic mass is 16.5. The van der Waals surface area contributed by atoms with Crippen molar-refractivity contribution >= 4 is 5.97 Å². The smallest absolute Gasteiger partial charge is 0.305 e. The van der Waals surface area contributed by atoms with Crippen molar-refractivity contribution in [3.8, 4) is 0 Å². The second-order valence-corrected chi connectivity index (χ2v) is 7.97. The van der Waals surface area contributed by atoms with E-state index in [1.165, 1.54) is 64.2 Å². The molecule has 0 aliphatic rings. The predicted molar refractivity (Wildman–Crippen MR) is 112 cm³/mol. The van der Waals surface area contributed by atoms with Crippen molar-refractivity contribution in [2.24, 2.45) is 0 Å². The summed E-state index contributed by atoms with van der Waals surface area (Å²) in [6.45, 7) is 1.03. The first kappa shape index (κ1) is 28.3. The van der Waals surface area contributed by atoms with Gasteiger partial charge in [0.25, 0.3) is 0 Å². The van der Waals surface area contributed by atoms with Crippen LogP contribution in [-0.4, -0.2) is 69.1 Å². The van der Waals surface area contributed by atoms with Crippen LogP contribution in [-0.2, 0) is 9.53 Å². The Bertz CT molecular complexity index is 378. The molecule has 0 aromatic carbocycles. The molecule has 0 rings (SSSR count). The number of hydrogen-bond donors (Lipinski definition) is 5. The van der Waals surface area contributed by atoms with Gasteiger partial charge in [0.2, 0.25) is 0 Å². The number of rotatable bonds is 20. The van der Waals surface area contributed by atoms with Crippen LogP contribution in [0.15, 0.2) is 0 Å². The normalized spacial score (nSPS) is 15.7. The molecule has 0 heterocycles. The molecule has 0 saturated heterocycles. The third-order valence-electron chi connectivity index (χ3n) is 5.22. The molecule has 7 heteroatoms. The van der Waals surface area contributed by atoms with Gasteiger partial charge in [0.1, 0.15) is 31.0 Å². The monoisotopic (exact) mass is 420 g/mol. The Kier molecular flexibility index (Phi) is 18.8. The minimum Gasteiger partial charge on any atom is -0.463 e. The molecular weight excluding hydrogens is 376 g/mol. The molecule has 0 spiro atoms. The van der Waals surface area contributed by atoms with Gasteiger partial charge in [0, 0.05) is 6.42 Å². The van der Waals surface area contributed by atoms with Crippen LogP contribution in [0, 0.1) is 0 Å². The summed E-state index contributed by atoms with van der Waals surface area (Å²) in [5, 5.41) is 46.8. The average molecular weight is 421 g/mol. The maximum atomic E-state index is 11.7. The fourth-order valence-corrected chi connectivity index (χ4v) is 3.20. The van der Waals surface area contributed by atoms with Crippen molar-refractivity contribution < 1.29 is 35.1 Å². The summed E-state index contributed by atoms with van der Waals surface area (Å²) in [6, 6.07) is 0. The lowest BCUT2D eigenvalue weighted by Gasteiger charge is -2.25. The van der Waals surface area contributed by atoms with Gasteiger partial charge in [-0.1, -0.05) is 84.0 Å². The molecule has 0 aromatic heterocycles. The van der Waals surface area contributed by atoms with Crippen molar-refractivity contribution in [2.75, 3.05) is 13.2 Å². The first-order valence-electron chi connectivity index (χ1n) is 11.4. The molecule has 174 valence electrons. The summed E-state index contributed by atoms with van der Waals surface area (Å²) in [5.74, 6) is -0.462. The van der Waals surface area contributed by atoms with Crippen LogP contribution in [0.25, 0.3) is 0 Å². The van der Waals surface area contributed by atoms with Crippen molar-refractivity contribution in [1.29, 1.82) is 0 Å². The molecule has 0 aromatic rings. The summed E-state index contributed by atoms with van der Waals surface area (Å²) >= 11 is 0. The van der Waals surface area contributed by atoms with Crippen molar-refractivity contribution in [3.05, 3.63) is 0 Å². The number of hydrogen-bond acceptors (Lipinski definition) is 7. The Morgan fingerprint density at radius 3 is 1.55 bits per heavy atom. The van der Waals surface area contributed by atoms with Gasteiger partial charge >= 0.3 is 5.97 Å². The molecule has 0 aliphatic heterocycles. The molecule has 29 heavy (non-hydrogen) atoms. The van der Waals surface area contributed by atoms with E-state index in [-0.39, 0.29) is 6.42 Å². The van der Waals surface area contributed by atoms with Gasteiger partial charge in [-0.2, -0.15) is 0 Å². The van der Waals surface area contributed by atoms with E-state index in [9.17, 15) is 25.2 Å². The molecule has 0 fully saturated rings. The maximum Gasteiger partial charge on any atom is 0.305 e. The highest BCUT2D eigenvalue weighted by molar-refractivity contribution is 5.69. The highest BCUT2D eigenvalue weighted by Crippen LogP contribution is 2.13. The van der Waals surface area contributed by atoms with E-state index >= 15 is 0 Å². The Balaban J connectivity index is 3.52. The summed E-state index contributed by atoms with van der Waals surface area (Å²) in [4.78, 5) is 11.7. The largest absolute Gasteiger partial charge is 0.463 e. The summed E-state index contributed by atoms with van der Waals surface area (Å²) in [6.07, 6.45) is 9.61. The Morgan fingerprint density at radius 1 is 0.690 bits per heavy atom. The number of carbonyl (C=O) groups is 1. The molecule has 0 unspecified atom stereocenters. The van der Waals surface area contributed by atoms with E-state index in [4.69, 9.17) is 9.84 Å². The number of carbonyl (C=O) groups excluding carboxylic acids is 1. The molecular formula is C22H44O7.